The first kappa shape index (κ1) is 10.7. The van der Waals surface area contributed by atoms with Crippen LogP contribution in [0.15, 0.2) is 30.5 Å². The first-order valence-corrected chi connectivity index (χ1v) is 5.61. The number of rotatable bonds is 4. The van der Waals surface area contributed by atoms with Gasteiger partial charge in [-0.15, -0.1) is 0 Å². The predicted molar refractivity (Wildman–Crippen MR) is 66.5 cm³/mol. The molecule has 0 aliphatic carbocycles. The van der Waals surface area contributed by atoms with Gasteiger partial charge in [0.15, 0.2) is 0 Å². The normalized spacial score (nSPS) is 10.4. The third kappa shape index (κ3) is 2.42. The third-order valence-corrected chi connectivity index (χ3v) is 2.75. The van der Waals surface area contributed by atoms with Crippen LogP contribution < -0.4 is 5.32 Å². The smallest absolute Gasteiger partial charge is 0.0539 e. The number of hydrogen-bond donors (Lipinski definition) is 2. The molecule has 0 aliphatic rings. The molecule has 2 aromatic rings. The van der Waals surface area contributed by atoms with Gasteiger partial charge >= 0.3 is 0 Å². The van der Waals surface area contributed by atoms with Crippen LogP contribution in [0.3, 0.4) is 0 Å². The molecule has 1 heterocycles. The molecule has 0 radical (unpaired) electrons. The summed E-state index contributed by atoms with van der Waals surface area (Å²) in [6, 6.07) is 8.52. The van der Waals surface area contributed by atoms with Crippen molar-refractivity contribution in [1.82, 2.24) is 10.2 Å². The Morgan fingerprint density at radius 1 is 1.38 bits per heavy atom. The van der Waals surface area contributed by atoms with E-state index in [-0.39, 0.29) is 0 Å². The highest BCUT2D eigenvalue weighted by atomic mass is 15.1. The van der Waals surface area contributed by atoms with Crippen LogP contribution in [0, 0.1) is 6.92 Å². The minimum absolute atomic E-state index is 0.815. The third-order valence-electron chi connectivity index (χ3n) is 2.75. The van der Waals surface area contributed by atoms with Crippen molar-refractivity contribution < 1.29 is 0 Å². The van der Waals surface area contributed by atoms with Gasteiger partial charge in [0.2, 0.25) is 0 Å². The van der Waals surface area contributed by atoms with Crippen LogP contribution in [0.5, 0.6) is 0 Å². The highest BCUT2D eigenvalue weighted by Gasteiger charge is 2.00. The van der Waals surface area contributed by atoms with Gasteiger partial charge in [0.05, 0.1) is 6.20 Å². The van der Waals surface area contributed by atoms with Crippen LogP contribution in [0.2, 0.25) is 0 Å². The number of aromatic nitrogens is 2. The first-order chi connectivity index (χ1) is 7.79. The van der Waals surface area contributed by atoms with E-state index >= 15 is 0 Å². The molecule has 0 aliphatic heterocycles. The molecule has 0 saturated carbocycles. The Morgan fingerprint density at radius 3 is 2.94 bits per heavy atom. The summed E-state index contributed by atoms with van der Waals surface area (Å²) in [5.41, 5.74) is 4.86. The fourth-order valence-electron chi connectivity index (χ4n) is 1.65. The van der Waals surface area contributed by atoms with E-state index < -0.39 is 0 Å². The zero-order valence-electron chi connectivity index (χ0n) is 9.75. The van der Waals surface area contributed by atoms with Crippen molar-refractivity contribution in [2.75, 3.05) is 5.32 Å². The molecular formula is C13H17N3. The van der Waals surface area contributed by atoms with Gasteiger partial charge in [0.25, 0.3) is 0 Å². The predicted octanol–water partition coefficient (Wildman–Crippen LogP) is 2.89. The highest BCUT2D eigenvalue weighted by Crippen LogP contribution is 2.13. The Balaban J connectivity index is 2.02. The van der Waals surface area contributed by atoms with Crippen molar-refractivity contribution in [3.8, 4) is 0 Å². The van der Waals surface area contributed by atoms with Crippen LogP contribution in [-0.2, 0) is 13.0 Å². The van der Waals surface area contributed by atoms with Gasteiger partial charge in [-0.3, -0.25) is 5.10 Å². The van der Waals surface area contributed by atoms with Crippen LogP contribution in [-0.4, -0.2) is 10.2 Å². The molecule has 0 fully saturated rings. The van der Waals surface area contributed by atoms with Crippen LogP contribution in [0.1, 0.15) is 23.7 Å². The highest BCUT2D eigenvalue weighted by molar-refractivity contribution is 5.46. The van der Waals surface area contributed by atoms with E-state index in [0.29, 0.717) is 0 Å². The zero-order chi connectivity index (χ0) is 11.4. The van der Waals surface area contributed by atoms with Crippen molar-refractivity contribution in [3.05, 3.63) is 47.3 Å². The maximum atomic E-state index is 4.00. The number of H-pyrrole nitrogens is 1. The SMILES string of the molecule is CCc1cccc(NCc2cn[nH]c2C)c1. The van der Waals surface area contributed by atoms with E-state index in [2.05, 4.69) is 46.7 Å². The molecule has 16 heavy (non-hydrogen) atoms. The Morgan fingerprint density at radius 2 is 2.25 bits per heavy atom. The fraction of sp³-hybridized carbons (Fsp3) is 0.308. The summed E-state index contributed by atoms with van der Waals surface area (Å²) < 4.78 is 0. The van der Waals surface area contributed by atoms with Gasteiger partial charge in [-0.1, -0.05) is 19.1 Å². The summed E-state index contributed by atoms with van der Waals surface area (Å²) in [5.74, 6) is 0. The standard InChI is InChI=1S/C13H17N3/c1-3-11-5-4-6-13(7-11)14-8-12-9-15-16-10(12)2/h4-7,9,14H,3,8H2,1-2H3,(H,15,16). The maximum absolute atomic E-state index is 4.00. The number of aromatic amines is 1. The lowest BCUT2D eigenvalue weighted by Crippen LogP contribution is -2.00. The molecule has 2 rings (SSSR count). The fourth-order valence-corrected chi connectivity index (χ4v) is 1.65. The molecule has 3 heteroatoms. The van der Waals surface area contributed by atoms with Crippen LogP contribution >= 0.6 is 0 Å². The number of aryl methyl sites for hydroxylation is 2. The summed E-state index contributed by atoms with van der Waals surface area (Å²) in [6.07, 6.45) is 2.94. The average Bonchev–Trinajstić information content (AvgIpc) is 2.72. The average molecular weight is 215 g/mol. The Labute approximate surface area is 95.9 Å². The van der Waals surface area contributed by atoms with Gasteiger partial charge < -0.3 is 5.32 Å². The first-order valence-electron chi connectivity index (χ1n) is 5.61. The lowest BCUT2D eigenvalue weighted by atomic mass is 10.1. The van der Waals surface area contributed by atoms with Crippen molar-refractivity contribution in [1.29, 1.82) is 0 Å². The zero-order valence-corrected chi connectivity index (χ0v) is 9.75. The second-order valence-corrected chi connectivity index (χ2v) is 3.93. The minimum Gasteiger partial charge on any atom is -0.381 e. The van der Waals surface area contributed by atoms with Crippen molar-refractivity contribution in [2.24, 2.45) is 0 Å². The molecule has 0 amide bonds. The van der Waals surface area contributed by atoms with Crippen LogP contribution in [0.25, 0.3) is 0 Å². The van der Waals surface area contributed by atoms with Gasteiger partial charge in [-0.2, -0.15) is 5.10 Å². The molecule has 3 nitrogen and oxygen atoms in total. The van der Waals surface area contributed by atoms with E-state index in [1.165, 1.54) is 16.8 Å². The summed E-state index contributed by atoms with van der Waals surface area (Å²) >= 11 is 0. The second kappa shape index (κ2) is 4.84. The molecule has 1 aromatic heterocycles. The van der Waals surface area contributed by atoms with Gasteiger partial charge in [-0.25, -0.2) is 0 Å². The second-order valence-electron chi connectivity index (χ2n) is 3.93. The number of nitrogens with zero attached hydrogens (tertiary/aromatic N) is 1. The monoisotopic (exact) mass is 215 g/mol. The number of anilines is 1. The molecule has 84 valence electrons. The topological polar surface area (TPSA) is 40.7 Å². The Kier molecular flexibility index (Phi) is 3.25. The Bertz CT molecular complexity index is 460. The lowest BCUT2D eigenvalue weighted by molar-refractivity contribution is 1.04. The number of hydrogen-bond acceptors (Lipinski definition) is 2. The summed E-state index contributed by atoms with van der Waals surface area (Å²) in [7, 11) is 0. The van der Waals surface area contributed by atoms with Crippen molar-refractivity contribution in [2.45, 2.75) is 26.8 Å². The van der Waals surface area contributed by atoms with Crippen LogP contribution in [0.4, 0.5) is 5.69 Å². The van der Waals surface area contributed by atoms with E-state index in [1.807, 2.05) is 13.1 Å². The number of nitrogens with one attached hydrogen (secondary N) is 2. The largest absolute Gasteiger partial charge is 0.381 e. The molecule has 0 atom stereocenters. The van der Waals surface area contributed by atoms with Gasteiger partial charge in [-0.05, 0) is 31.0 Å². The van der Waals surface area contributed by atoms with Gasteiger partial charge in [0.1, 0.15) is 0 Å². The summed E-state index contributed by atoms with van der Waals surface area (Å²) in [5, 5.41) is 10.3. The molecule has 2 N–H and O–H groups in total. The summed E-state index contributed by atoms with van der Waals surface area (Å²) in [6.45, 7) is 5.02. The number of benzene rings is 1. The van der Waals surface area contributed by atoms with E-state index in [0.717, 1.165) is 18.7 Å². The van der Waals surface area contributed by atoms with Gasteiger partial charge in [0, 0.05) is 23.5 Å². The van der Waals surface area contributed by atoms with Crippen molar-refractivity contribution in [3.63, 3.8) is 0 Å². The van der Waals surface area contributed by atoms with E-state index in [4.69, 9.17) is 0 Å². The molecule has 0 unspecified atom stereocenters. The molecule has 0 bridgehead atoms. The maximum Gasteiger partial charge on any atom is 0.0539 e. The van der Waals surface area contributed by atoms with E-state index in [9.17, 15) is 0 Å². The summed E-state index contributed by atoms with van der Waals surface area (Å²) in [4.78, 5) is 0. The van der Waals surface area contributed by atoms with Crippen molar-refractivity contribution >= 4 is 5.69 Å². The Hall–Kier alpha value is -1.77. The van der Waals surface area contributed by atoms with E-state index in [1.54, 1.807) is 0 Å². The molecule has 1 aromatic carbocycles. The molecular weight excluding hydrogens is 198 g/mol. The minimum atomic E-state index is 0.815. The lowest BCUT2D eigenvalue weighted by Gasteiger charge is -2.07. The molecule has 0 spiro atoms. The molecule has 0 saturated heterocycles. The quantitative estimate of drug-likeness (QED) is 0.823.